The Morgan fingerprint density at radius 1 is 1.50 bits per heavy atom. The Morgan fingerprint density at radius 3 is 2.44 bits per heavy atom. The van der Waals surface area contributed by atoms with Gasteiger partial charge in [0.15, 0.2) is 23.5 Å². The highest BCUT2D eigenvalue weighted by Crippen LogP contribution is 2.24. The van der Waals surface area contributed by atoms with Crippen molar-refractivity contribution in [2.24, 2.45) is 0 Å². The predicted octanol–water partition coefficient (Wildman–Crippen LogP) is 2.46. The molecule has 0 aliphatic heterocycles. The number of ether oxygens (including phenoxy) is 1. The number of nitrogens with zero attached hydrogens (tertiary/aromatic N) is 1. The van der Waals surface area contributed by atoms with Crippen LogP contribution in [0.1, 0.15) is 23.7 Å². The second-order valence-corrected chi connectivity index (χ2v) is 3.08. The smallest absolute Gasteiger partial charge is 0.192 e. The van der Waals surface area contributed by atoms with Gasteiger partial charge in [-0.25, -0.2) is 8.78 Å². The molecule has 1 atom stereocenters. The molecule has 16 heavy (non-hydrogen) atoms. The molecule has 0 amide bonds. The molecule has 0 N–H and O–H groups in total. The van der Waals surface area contributed by atoms with Crippen molar-refractivity contribution in [3.8, 4) is 11.8 Å². The van der Waals surface area contributed by atoms with Crippen LogP contribution in [0.15, 0.2) is 12.1 Å². The van der Waals surface area contributed by atoms with Crippen molar-refractivity contribution in [3.05, 3.63) is 29.3 Å². The molecule has 0 radical (unpaired) electrons. The minimum absolute atomic E-state index is 0.118. The fourth-order valence-electron chi connectivity index (χ4n) is 1.10. The van der Waals surface area contributed by atoms with Crippen LogP contribution in [0.25, 0.3) is 0 Å². The molecule has 0 aliphatic carbocycles. The molecule has 0 aromatic heterocycles. The Morgan fingerprint density at radius 2 is 2.06 bits per heavy atom. The quantitative estimate of drug-likeness (QED) is 0.739. The molecule has 1 aromatic rings. The third-order valence-corrected chi connectivity index (χ3v) is 1.93. The topological polar surface area (TPSA) is 50.1 Å². The number of halogens is 2. The molecule has 0 fully saturated rings. The maximum Gasteiger partial charge on any atom is 0.192 e. The Balaban J connectivity index is 3.06. The van der Waals surface area contributed by atoms with Crippen LogP contribution in [0.5, 0.6) is 5.75 Å². The maximum absolute atomic E-state index is 13.3. The second-order valence-electron chi connectivity index (χ2n) is 3.08. The molecule has 0 saturated heterocycles. The summed E-state index contributed by atoms with van der Waals surface area (Å²) in [5.74, 6) is -2.61. The monoisotopic (exact) mass is 225 g/mol. The van der Waals surface area contributed by atoms with Gasteiger partial charge in [0.1, 0.15) is 12.4 Å². The normalized spacial score (nSPS) is 11.6. The summed E-state index contributed by atoms with van der Waals surface area (Å²) in [5.41, 5.74) is -0.118. The largest absolute Gasteiger partial charge is 0.469 e. The average molecular weight is 225 g/mol. The van der Waals surface area contributed by atoms with Gasteiger partial charge in [0, 0.05) is 5.56 Å². The lowest BCUT2D eigenvalue weighted by Gasteiger charge is -2.11. The zero-order valence-corrected chi connectivity index (χ0v) is 8.54. The second kappa shape index (κ2) is 5.21. The van der Waals surface area contributed by atoms with Gasteiger partial charge >= 0.3 is 0 Å². The summed E-state index contributed by atoms with van der Waals surface area (Å²) in [6.45, 7) is 1.66. The summed E-state index contributed by atoms with van der Waals surface area (Å²) in [6.07, 6.45) is -0.270. The van der Waals surface area contributed by atoms with Crippen LogP contribution in [0.2, 0.25) is 0 Å². The molecule has 5 heteroatoms. The van der Waals surface area contributed by atoms with E-state index in [1.165, 1.54) is 0 Å². The highest BCUT2D eigenvalue weighted by atomic mass is 19.1. The molecule has 0 spiro atoms. The average Bonchev–Trinajstić information content (AvgIpc) is 2.28. The van der Waals surface area contributed by atoms with E-state index in [1.54, 1.807) is 13.0 Å². The van der Waals surface area contributed by atoms with E-state index in [4.69, 9.17) is 10.00 Å². The van der Waals surface area contributed by atoms with E-state index in [-0.39, 0.29) is 5.56 Å². The van der Waals surface area contributed by atoms with Gasteiger partial charge in [-0.1, -0.05) is 6.92 Å². The molecule has 0 heterocycles. The van der Waals surface area contributed by atoms with Crippen molar-refractivity contribution in [1.82, 2.24) is 0 Å². The number of carbonyl (C=O) groups excluding carboxylic acids is 1. The summed E-state index contributed by atoms with van der Waals surface area (Å²) in [7, 11) is 0. The Labute approximate surface area is 91.3 Å². The molecular weight excluding hydrogens is 216 g/mol. The number of carbonyl (C=O) groups is 1. The van der Waals surface area contributed by atoms with Crippen molar-refractivity contribution < 1.29 is 18.3 Å². The van der Waals surface area contributed by atoms with Gasteiger partial charge in [-0.3, -0.25) is 4.79 Å². The zero-order chi connectivity index (χ0) is 12.1. The summed E-state index contributed by atoms with van der Waals surface area (Å²) >= 11 is 0. The first-order valence-corrected chi connectivity index (χ1v) is 4.62. The maximum atomic E-state index is 13.3. The molecule has 84 valence electrons. The van der Waals surface area contributed by atoms with Crippen LogP contribution in [0, 0.1) is 23.0 Å². The third kappa shape index (κ3) is 2.54. The summed E-state index contributed by atoms with van der Waals surface area (Å²) in [5, 5.41) is 8.59. The Kier molecular flexibility index (Phi) is 3.95. The first kappa shape index (κ1) is 12.1. The van der Waals surface area contributed by atoms with Crippen molar-refractivity contribution >= 4 is 6.29 Å². The van der Waals surface area contributed by atoms with Gasteiger partial charge in [-0.15, -0.1) is 0 Å². The first-order valence-electron chi connectivity index (χ1n) is 4.62. The van der Waals surface area contributed by atoms with Crippen molar-refractivity contribution in [2.75, 3.05) is 0 Å². The predicted molar refractivity (Wildman–Crippen MR) is 52.1 cm³/mol. The lowest BCUT2D eigenvalue weighted by atomic mass is 10.2. The fourth-order valence-corrected chi connectivity index (χ4v) is 1.10. The number of hydrogen-bond donors (Lipinski definition) is 0. The molecule has 0 aliphatic rings. The molecule has 0 saturated carbocycles. The molecular formula is C11H9F2NO2. The lowest BCUT2D eigenvalue weighted by molar-refractivity contribution is 0.112. The summed E-state index contributed by atoms with van der Waals surface area (Å²) < 4.78 is 31.4. The lowest BCUT2D eigenvalue weighted by Crippen LogP contribution is -2.14. The summed E-state index contributed by atoms with van der Waals surface area (Å²) in [6, 6.07) is 3.47. The van der Waals surface area contributed by atoms with E-state index in [1.807, 2.05) is 0 Å². The minimum Gasteiger partial charge on any atom is -0.469 e. The Hall–Kier alpha value is -1.96. The van der Waals surface area contributed by atoms with Crippen LogP contribution in [-0.2, 0) is 0 Å². The van der Waals surface area contributed by atoms with Crippen molar-refractivity contribution in [1.29, 1.82) is 5.26 Å². The van der Waals surface area contributed by atoms with E-state index >= 15 is 0 Å². The van der Waals surface area contributed by atoms with Gasteiger partial charge < -0.3 is 4.74 Å². The molecule has 1 rings (SSSR count). The van der Waals surface area contributed by atoms with Crippen LogP contribution < -0.4 is 4.74 Å². The standard InChI is InChI=1S/C11H9F2NO2/c1-2-8(5-14)16-11-9(12)3-7(6-15)4-10(11)13/h3-4,6,8H,2H2,1H3. The van der Waals surface area contributed by atoms with Crippen molar-refractivity contribution in [2.45, 2.75) is 19.4 Å². The minimum atomic E-state index is -0.990. The fraction of sp³-hybridized carbons (Fsp3) is 0.273. The summed E-state index contributed by atoms with van der Waals surface area (Å²) in [4.78, 5) is 10.3. The van der Waals surface area contributed by atoms with E-state index in [9.17, 15) is 13.6 Å². The van der Waals surface area contributed by atoms with E-state index in [0.717, 1.165) is 12.1 Å². The van der Waals surface area contributed by atoms with Gasteiger partial charge in [-0.05, 0) is 18.6 Å². The van der Waals surface area contributed by atoms with Gasteiger partial charge in [-0.2, -0.15) is 5.26 Å². The van der Waals surface area contributed by atoms with Crippen molar-refractivity contribution in [3.63, 3.8) is 0 Å². The van der Waals surface area contributed by atoms with E-state index in [0.29, 0.717) is 12.7 Å². The van der Waals surface area contributed by atoms with Gasteiger partial charge in [0.2, 0.25) is 0 Å². The molecule has 1 unspecified atom stereocenters. The van der Waals surface area contributed by atoms with Crippen LogP contribution >= 0.6 is 0 Å². The Bertz CT molecular complexity index is 417. The SMILES string of the molecule is CCC(C#N)Oc1c(F)cc(C=O)cc1F. The van der Waals surface area contributed by atoms with E-state index < -0.39 is 23.5 Å². The number of aldehydes is 1. The number of nitriles is 1. The highest BCUT2D eigenvalue weighted by Gasteiger charge is 2.16. The highest BCUT2D eigenvalue weighted by molar-refractivity contribution is 5.75. The molecule has 3 nitrogen and oxygen atoms in total. The van der Waals surface area contributed by atoms with Crippen LogP contribution in [0.3, 0.4) is 0 Å². The molecule has 1 aromatic carbocycles. The third-order valence-electron chi connectivity index (χ3n) is 1.93. The van der Waals surface area contributed by atoms with Gasteiger partial charge in [0.05, 0.1) is 0 Å². The molecule has 0 bridgehead atoms. The zero-order valence-electron chi connectivity index (χ0n) is 8.54. The van der Waals surface area contributed by atoms with Crippen LogP contribution in [-0.4, -0.2) is 12.4 Å². The van der Waals surface area contributed by atoms with Crippen LogP contribution in [0.4, 0.5) is 8.78 Å². The van der Waals surface area contributed by atoms with E-state index in [2.05, 4.69) is 0 Å². The number of hydrogen-bond acceptors (Lipinski definition) is 3. The van der Waals surface area contributed by atoms with Gasteiger partial charge in [0.25, 0.3) is 0 Å². The number of benzene rings is 1. The first-order chi connectivity index (χ1) is 7.62. The number of rotatable bonds is 4.